The summed E-state index contributed by atoms with van der Waals surface area (Å²) in [6.45, 7) is 0. The smallest absolute Gasteiger partial charge is 0.193 e. The minimum absolute atomic E-state index is 0.0762. The van der Waals surface area contributed by atoms with Gasteiger partial charge in [0.05, 0.1) is 12.2 Å². The lowest BCUT2D eigenvalue weighted by Crippen LogP contribution is -2.26. The van der Waals surface area contributed by atoms with Crippen molar-refractivity contribution in [2.75, 3.05) is 0 Å². The van der Waals surface area contributed by atoms with E-state index >= 15 is 0 Å². The van der Waals surface area contributed by atoms with E-state index in [2.05, 4.69) is 146 Å². The highest BCUT2D eigenvalue weighted by Gasteiger charge is 2.15. The zero-order valence-corrected chi connectivity index (χ0v) is 24.5. The summed E-state index contributed by atoms with van der Waals surface area (Å²) < 4.78 is 13.2. The van der Waals surface area contributed by atoms with Gasteiger partial charge in [0.1, 0.15) is 0 Å². The molecule has 0 aliphatic heterocycles. The zero-order valence-electron chi connectivity index (χ0n) is 21.7. The predicted molar refractivity (Wildman–Crippen MR) is 164 cm³/mol. The van der Waals surface area contributed by atoms with Crippen LogP contribution in [0.3, 0.4) is 0 Å². The van der Waals surface area contributed by atoms with Crippen molar-refractivity contribution in [2.24, 2.45) is 0 Å². The zero-order chi connectivity index (χ0) is 25.8. The Bertz CT molecular complexity index is 1240. The molecule has 190 valence electrons. The van der Waals surface area contributed by atoms with Crippen LogP contribution >= 0.6 is 0 Å². The monoisotopic (exact) mass is 530 g/mol. The minimum Gasteiger partial charge on any atom is -0.411 e. The first-order valence-corrected chi connectivity index (χ1v) is 15.9. The van der Waals surface area contributed by atoms with Crippen LogP contribution in [0.2, 0.25) is 0 Å². The molecule has 38 heavy (non-hydrogen) atoms. The van der Waals surface area contributed by atoms with Gasteiger partial charge in [-0.2, -0.15) is 0 Å². The first-order valence-electron chi connectivity index (χ1n) is 13.3. The average Bonchev–Trinajstić information content (AvgIpc) is 3.00. The summed E-state index contributed by atoms with van der Waals surface area (Å²) in [4.78, 5) is 0. The van der Waals surface area contributed by atoms with Gasteiger partial charge >= 0.3 is 0 Å². The summed E-state index contributed by atoms with van der Waals surface area (Å²) >= 11 is 0. The average molecular weight is 531 g/mol. The van der Waals surface area contributed by atoms with Crippen molar-refractivity contribution in [2.45, 2.75) is 25.0 Å². The molecule has 0 bridgehead atoms. The molecule has 0 N–H and O–H groups in total. The molecule has 0 fully saturated rings. The molecule has 0 heterocycles. The molecular formula is C34H34O2Si2. The first kappa shape index (κ1) is 26.1. The van der Waals surface area contributed by atoms with Gasteiger partial charge in [0.15, 0.2) is 19.5 Å². The molecule has 0 radical (unpaired) electrons. The maximum atomic E-state index is 6.60. The second-order valence-corrected chi connectivity index (χ2v) is 12.5. The van der Waals surface area contributed by atoms with E-state index in [1.165, 1.54) is 32.6 Å². The summed E-state index contributed by atoms with van der Waals surface area (Å²) in [5, 5.41) is 2.64. The van der Waals surface area contributed by atoms with Crippen molar-refractivity contribution in [1.82, 2.24) is 0 Å². The molecule has 2 unspecified atom stereocenters. The van der Waals surface area contributed by atoms with Crippen molar-refractivity contribution in [1.29, 1.82) is 0 Å². The molecule has 4 heteroatoms. The Kier molecular flexibility index (Phi) is 9.50. The van der Waals surface area contributed by atoms with Crippen molar-refractivity contribution in [3.63, 3.8) is 0 Å². The fourth-order valence-corrected chi connectivity index (χ4v) is 6.93. The molecule has 0 spiro atoms. The summed E-state index contributed by atoms with van der Waals surface area (Å²) in [6.07, 6.45) is 1.93. The third kappa shape index (κ3) is 7.73. The fourth-order valence-electron chi connectivity index (χ4n) is 4.66. The van der Waals surface area contributed by atoms with Gasteiger partial charge in [-0.3, -0.25) is 0 Å². The second kappa shape index (κ2) is 13.8. The molecule has 5 rings (SSSR count). The van der Waals surface area contributed by atoms with Gasteiger partial charge in [-0.05, 0) is 32.6 Å². The van der Waals surface area contributed by atoms with Gasteiger partial charge < -0.3 is 8.85 Å². The highest BCUT2D eigenvalue weighted by Crippen LogP contribution is 2.23. The number of rotatable bonds is 12. The van der Waals surface area contributed by atoms with Crippen LogP contribution in [-0.4, -0.2) is 19.5 Å². The molecule has 0 aliphatic carbocycles. The van der Waals surface area contributed by atoms with E-state index in [0.717, 1.165) is 12.8 Å². The van der Waals surface area contributed by atoms with Crippen molar-refractivity contribution in [3.05, 3.63) is 168 Å². The molecule has 2 nitrogen and oxygen atoms in total. The molecule has 0 aromatic heterocycles. The van der Waals surface area contributed by atoms with Gasteiger partial charge in [0, 0.05) is 12.8 Å². The lowest BCUT2D eigenvalue weighted by atomic mass is 10.0. The van der Waals surface area contributed by atoms with E-state index in [1.807, 2.05) is 0 Å². The Morgan fingerprint density at radius 3 is 1.05 bits per heavy atom. The van der Waals surface area contributed by atoms with Gasteiger partial charge in [-0.1, -0.05) is 146 Å². The molecule has 0 aliphatic rings. The van der Waals surface area contributed by atoms with Crippen molar-refractivity contribution >= 4 is 29.9 Å². The SMILES string of the molecule is c1ccc(CC(O[SiH2]c2ccc([SiH2]OC(Cc3ccccc3)c3ccccc3)cc2)c2ccccc2)cc1. The molecule has 0 amide bonds. The fraction of sp³-hybridized carbons (Fsp3) is 0.118. The lowest BCUT2D eigenvalue weighted by Gasteiger charge is -2.20. The Balaban J connectivity index is 1.21. The quantitative estimate of drug-likeness (QED) is 0.209. The van der Waals surface area contributed by atoms with Gasteiger partial charge in [0.2, 0.25) is 0 Å². The van der Waals surface area contributed by atoms with Crippen molar-refractivity contribution in [3.8, 4) is 0 Å². The number of hydrogen-bond donors (Lipinski definition) is 0. The van der Waals surface area contributed by atoms with Crippen LogP contribution < -0.4 is 10.4 Å². The Hall–Kier alpha value is -3.55. The normalized spacial score (nSPS) is 13.3. The lowest BCUT2D eigenvalue weighted by molar-refractivity contribution is 0.221. The van der Waals surface area contributed by atoms with Gasteiger partial charge in [-0.15, -0.1) is 0 Å². The van der Waals surface area contributed by atoms with Gasteiger partial charge in [-0.25, -0.2) is 0 Å². The Morgan fingerprint density at radius 1 is 0.395 bits per heavy atom. The van der Waals surface area contributed by atoms with E-state index in [-0.39, 0.29) is 12.2 Å². The summed E-state index contributed by atoms with van der Waals surface area (Å²) in [7, 11) is -1.74. The van der Waals surface area contributed by atoms with E-state index in [9.17, 15) is 0 Å². The van der Waals surface area contributed by atoms with Crippen LogP contribution in [0, 0.1) is 0 Å². The van der Waals surface area contributed by atoms with E-state index in [1.54, 1.807) is 0 Å². The summed E-state index contributed by atoms with van der Waals surface area (Å²) in [5.41, 5.74) is 5.09. The highest BCUT2D eigenvalue weighted by molar-refractivity contribution is 6.49. The molecule has 5 aromatic carbocycles. The van der Waals surface area contributed by atoms with Crippen molar-refractivity contribution < 1.29 is 8.85 Å². The van der Waals surface area contributed by atoms with E-state index in [4.69, 9.17) is 8.85 Å². The molecule has 5 aromatic rings. The standard InChI is InChI=1S/C34H34O2Si2/c1-5-13-27(14-6-1)25-33(29-17-9-3-10-18-29)35-37-31-21-23-32(24-22-31)38-36-34(30-19-11-4-12-20-30)26-28-15-7-2-8-16-28/h1-24,33-34H,25-26,37-38H2. The predicted octanol–water partition coefficient (Wildman–Crippen LogP) is 5.11. The molecular weight excluding hydrogens is 497 g/mol. The van der Waals surface area contributed by atoms with E-state index in [0.29, 0.717) is 0 Å². The number of benzene rings is 5. The maximum Gasteiger partial charge on any atom is 0.193 e. The van der Waals surface area contributed by atoms with Crippen LogP contribution in [0.15, 0.2) is 146 Å². The molecule has 2 atom stereocenters. The van der Waals surface area contributed by atoms with Crippen LogP contribution in [0.5, 0.6) is 0 Å². The topological polar surface area (TPSA) is 18.5 Å². The van der Waals surface area contributed by atoms with Crippen LogP contribution in [0.1, 0.15) is 34.5 Å². The first-order chi connectivity index (χ1) is 18.8. The second-order valence-electron chi connectivity index (χ2n) is 9.62. The third-order valence-electron chi connectivity index (χ3n) is 6.80. The summed E-state index contributed by atoms with van der Waals surface area (Å²) in [5.74, 6) is 0. The highest BCUT2D eigenvalue weighted by atomic mass is 28.2. The Labute approximate surface area is 231 Å². The van der Waals surface area contributed by atoms with E-state index < -0.39 is 19.5 Å². The molecule has 0 saturated heterocycles. The largest absolute Gasteiger partial charge is 0.411 e. The Morgan fingerprint density at radius 2 is 0.711 bits per heavy atom. The third-order valence-corrected chi connectivity index (χ3v) is 9.54. The molecule has 0 saturated carbocycles. The summed E-state index contributed by atoms with van der Waals surface area (Å²) in [6, 6.07) is 51.4. The van der Waals surface area contributed by atoms with Crippen LogP contribution in [-0.2, 0) is 21.7 Å². The number of hydrogen-bond acceptors (Lipinski definition) is 2. The van der Waals surface area contributed by atoms with Gasteiger partial charge in [0.25, 0.3) is 0 Å². The van der Waals surface area contributed by atoms with Crippen LogP contribution in [0.25, 0.3) is 0 Å². The maximum absolute atomic E-state index is 6.60. The van der Waals surface area contributed by atoms with Crippen LogP contribution in [0.4, 0.5) is 0 Å². The minimum atomic E-state index is -0.871.